The van der Waals surface area contributed by atoms with Gasteiger partial charge in [0.2, 0.25) is 0 Å². The van der Waals surface area contributed by atoms with E-state index < -0.39 is 0 Å². The fraction of sp³-hybridized carbons (Fsp3) is 0.0909. The van der Waals surface area contributed by atoms with Gasteiger partial charge in [0.1, 0.15) is 5.69 Å². The van der Waals surface area contributed by atoms with Crippen molar-refractivity contribution in [2.24, 2.45) is 0 Å². The summed E-state index contributed by atoms with van der Waals surface area (Å²) in [5, 5.41) is 9.62. The SMILES string of the molecule is Cc1ccc(-n2c(SC/C=C/c3ccccc3)nnc2-c2cnccn2)cc1. The molecule has 2 aromatic heterocycles. The third kappa shape index (κ3) is 4.18. The summed E-state index contributed by atoms with van der Waals surface area (Å²) in [6.45, 7) is 2.07. The molecule has 28 heavy (non-hydrogen) atoms. The second-order valence-electron chi connectivity index (χ2n) is 6.19. The summed E-state index contributed by atoms with van der Waals surface area (Å²) in [7, 11) is 0. The Kier molecular flexibility index (Phi) is 5.58. The van der Waals surface area contributed by atoms with Crippen LogP contribution < -0.4 is 0 Å². The highest BCUT2D eigenvalue weighted by Gasteiger charge is 2.16. The summed E-state index contributed by atoms with van der Waals surface area (Å²) < 4.78 is 2.03. The minimum atomic E-state index is 0.687. The van der Waals surface area contributed by atoms with Gasteiger partial charge in [-0.1, -0.05) is 71.9 Å². The first-order valence-electron chi connectivity index (χ1n) is 8.94. The van der Waals surface area contributed by atoms with E-state index in [1.165, 1.54) is 11.1 Å². The van der Waals surface area contributed by atoms with Crippen molar-refractivity contribution in [3.63, 3.8) is 0 Å². The molecule has 2 aromatic carbocycles. The highest BCUT2D eigenvalue weighted by atomic mass is 32.2. The van der Waals surface area contributed by atoms with Gasteiger partial charge in [-0.25, -0.2) is 4.98 Å². The average Bonchev–Trinajstić information content (AvgIpc) is 3.17. The molecule has 6 heteroatoms. The van der Waals surface area contributed by atoms with Crippen LogP contribution in [0.15, 0.2) is 84.4 Å². The lowest BCUT2D eigenvalue weighted by Gasteiger charge is -2.09. The number of nitrogens with zero attached hydrogens (tertiary/aromatic N) is 5. The minimum Gasteiger partial charge on any atom is -0.269 e. The molecule has 0 fully saturated rings. The highest BCUT2D eigenvalue weighted by molar-refractivity contribution is 7.99. The van der Waals surface area contributed by atoms with E-state index in [1.54, 1.807) is 30.4 Å². The molecule has 0 atom stereocenters. The van der Waals surface area contributed by atoms with Crippen LogP contribution in [0.1, 0.15) is 11.1 Å². The molecule has 0 saturated heterocycles. The molecule has 0 unspecified atom stereocenters. The molecular formula is C22H19N5S. The van der Waals surface area contributed by atoms with Gasteiger partial charge in [-0.05, 0) is 24.6 Å². The Morgan fingerprint density at radius 2 is 1.79 bits per heavy atom. The van der Waals surface area contributed by atoms with Crippen LogP contribution in [-0.2, 0) is 0 Å². The molecule has 0 aliphatic heterocycles. The molecule has 0 aliphatic rings. The van der Waals surface area contributed by atoms with E-state index in [9.17, 15) is 0 Å². The highest BCUT2D eigenvalue weighted by Crippen LogP contribution is 2.27. The van der Waals surface area contributed by atoms with Gasteiger partial charge in [-0.15, -0.1) is 10.2 Å². The molecule has 0 saturated carbocycles. The first-order valence-corrected chi connectivity index (χ1v) is 9.93. The van der Waals surface area contributed by atoms with Gasteiger partial charge in [-0.2, -0.15) is 0 Å². The molecule has 5 nitrogen and oxygen atoms in total. The van der Waals surface area contributed by atoms with Crippen LogP contribution >= 0.6 is 11.8 Å². The Bertz CT molecular complexity index is 1060. The number of hydrogen-bond donors (Lipinski definition) is 0. The van der Waals surface area contributed by atoms with Gasteiger partial charge >= 0.3 is 0 Å². The van der Waals surface area contributed by atoms with Crippen molar-refractivity contribution in [2.75, 3.05) is 5.75 Å². The third-order valence-electron chi connectivity index (χ3n) is 4.14. The quantitative estimate of drug-likeness (QED) is 0.445. The lowest BCUT2D eigenvalue weighted by molar-refractivity contribution is 0.886. The fourth-order valence-electron chi connectivity index (χ4n) is 2.74. The minimum absolute atomic E-state index is 0.687. The topological polar surface area (TPSA) is 56.5 Å². The van der Waals surface area contributed by atoms with Gasteiger partial charge in [0.15, 0.2) is 11.0 Å². The zero-order valence-electron chi connectivity index (χ0n) is 15.4. The van der Waals surface area contributed by atoms with Crippen molar-refractivity contribution in [2.45, 2.75) is 12.1 Å². The van der Waals surface area contributed by atoms with Gasteiger partial charge in [-0.3, -0.25) is 9.55 Å². The maximum Gasteiger partial charge on any atom is 0.196 e. The second-order valence-corrected chi connectivity index (χ2v) is 7.18. The van der Waals surface area contributed by atoms with Gasteiger partial charge < -0.3 is 0 Å². The van der Waals surface area contributed by atoms with E-state index in [-0.39, 0.29) is 0 Å². The van der Waals surface area contributed by atoms with E-state index in [2.05, 4.69) is 75.6 Å². The van der Waals surface area contributed by atoms with E-state index in [0.717, 1.165) is 16.6 Å². The lowest BCUT2D eigenvalue weighted by Crippen LogP contribution is -2.01. The maximum atomic E-state index is 4.41. The van der Waals surface area contributed by atoms with Crippen molar-refractivity contribution in [1.82, 2.24) is 24.7 Å². The molecule has 0 bridgehead atoms. The van der Waals surface area contributed by atoms with Crippen LogP contribution in [0.4, 0.5) is 0 Å². The predicted octanol–water partition coefficient (Wildman–Crippen LogP) is 4.84. The Hall–Kier alpha value is -3.25. The Morgan fingerprint density at radius 3 is 2.54 bits per heavy atom. The summed E-state index contributed by atoms with van der Waals surface area (Å²) >= 11 is 1.64. The first kappa shape index (κ1) is 18.1. The van der Waals surface area contributed by atoms with Crippen LogP contribution in [0.3, 0.4) is 0 Å². The molecule has 4 rings (SSSR count). The molecule has 0 spiro atoms. The Labute approximate surface area is 168 Å². The molecule has 0 N–H and O–H groups in total. The average molecular weight is 385 g/mol. The summed E-state index contributed by atoms with van der Waals surface area (Å²) in [5.41, 5.74) is 4.09. The maximum absolute atomic E-state index is 4.41. The van der Waals surface area contributed by atoms with Crippen LogP contribution in [-0.4, -0.2) is 30.5 Å². The number of benzene rings is 2. The monoisotopic (exact) mass is 385 g/mol. The molecule has 0 aliphatic carbocycles. The third-order valence-corrected chi connectivity index (χ3v) is 5.02. The number of hydrogen-bond acceptors (Lipinski definition) is 5. The van der Waals surface area contributed by atoms with Crippen LogP contribution in [0.5, 0.6) is 0 Å². The summed E-state index contributed by atoms with van der Waals surface area (Å²) in [6.07, 6.45) is 9.27. The smallest absolute Gasteiger partial charge is 0.196 e. The zero-order valence-corrected chi connectivity index (χ0v) is 16.3. The molecule has 2 heterocycles. The number of aromatic nitrogens is 5. The standard InChI is InChI=1S/C22H19N5S/c1-17-9-11-19(12-10-17)27-21(20-16-23-13-14-24-20)25-26-22(27)28-15-5-8-18-6-3-2-4-7-18/h2-14,16H,15H2,1H3/b8-5+. The summed E-state index contributed by atoms with van der Waals surface area (Å²) in [6, 6.07) is 18.6. The number of rotatable bonds is 6. The molecule has 0 radical (unpaired) electrons. The fourth-order valence-corrected chi connectivity index (χ4v) is 3.50. The predicted molar refractivity (Wildman–Crippen MR) is 113 cm³/mol. The van der Waals surface area contributed by atoms with Crippen LogP contribution in [0, 0.1) is 6.92 Å². The van der Waals surface area contributed by atoms with Gasteiger partial charge in [0.25, 0.3) is 0 Å². The lowest BCUT2D eigenvalue weighted by atomic mass is 10.2. The van der Waals surface area contributed by atoms with Crippen molar-refractivity contribution in [1.29, 1.82) is 0 Å². The van der Waals surface area contributed by atoms with Crippen molar-refractivity contribution < 1.29 is 0 Å². The van der Waals surface area contributed by atoms with Gasteiger partial charge in [0, 0.05) is 23.8 Å². The zero-order chi connectivity index (χ0) is 19.2. The number of thioether (sulfide) groups is 1. The van der Waals surface area contributed by atoms with E-state index in [0.29, 0.717) is 11.5 Å². The van der Waals surface area contributed by atoms with Crippen LogP contribution in [0.25, 0.3) is 23.3 Å². The molecule has 0 amide bonds. The molecular weight excluding hydrogens is 366 g/mol. The Morgan fingerprint density at radius 1 is 0.964 bits per heavy atom. The Balaban J connectivity index is 1.62. The summed E-state index contributed by atoms with van der Waals surface area (Å²) in [4.78, 5) is 8.56. The van der Waals surface area contributed by atoms with Crippen molar-refractivity contribution in [3.05, 3.63) is 90.4 Å². The summed E-state index contributed by atoms with van der Waals surface area (Å²) in [5.74, 6) is 1.48. The normalized spacial score (nSPS) is 11.2. The van der Waals surface area contributed by atoms with Crippen molar-refractivity contribution >= 4 is 17.8 Å². The first-order chi connectivity index (χ1) is 13.8. The molecule has 138 valence electrons. The molecule has 4 aromatic rings. The van der Waals surface area contributed by atoms with Crippen molar-refractivity contribution in [3.8, 4) is 17.2 Å². The van der Waals surface area contributed by atoms with Crippen LogP contribution in [0.2, 0.25) is 0 Å². The van der Waals surface area contributed by atoms with E-state index in [1.807, 2.05) is 22.8 Å². The second kappa shape index (κ2) is 8.63. The largest absolute Gasteiger partial charge is 0.269 e. The van der Waals surface area contributed by atoms with Gasteiger partial charge in [0.05, 0.1) is 6.20 Å². The number of aryl methyl sites for hydroxylation is 1. The van der Waals surface area contributed by atoms with E-state index >= 15 is 0 Å². The van der Waals surface area contributed by atoms with E-state index in [4.69, 9.17) is 0 Å².